The summed E-state index contributed by atoms with van der Waals surface area (Å²) in [6.07, 6.45) is 4.62. The van der Waals surface area contributed by atoms with Gasteiger partial charge in [0.2, 0.25) is 5.91 Å². The smallest absolute Gasteiger partial charge is 0.410 e. The minimum atomic E-state index is -0.692. The number of nitrogens with zero attached hydrogens (tertiary/aromatic N) is 2. The number of ether oxygens (including phenoxy) is 2. The summed E-state index contributed by atoms with van der Waals surface area (Å²) in [5.41, 5.74) is 1.21. The van der Waals surface area contributed by atoms with E-state index in [0.717, 1.165) is 16.7 Å². The second-order valence-electron chi connectivity index (χ2n) is 9.45. The standard InChI is InChI=1S/C25H27N3O5/c1-24(2,3)33-23(31)28-15-25(16-28)12-19-11-18(13-26-21(19)27-22(25)30)9-10-20(29)32-14-17-7-5-4-6-8-17/h4-11,13H,12,14-16H2,1-3H3,(H,26,27,30)/b10-9+. The van der Waals surface area contributed by atoms with Gasteiger partial charge in [-0.15, -0.1) is 0 Å². The number of esters is 1. The van der Waals surface area contributed by atoms with Crippen molar-refractivity contribution in [3.05, 3.63) is 65.4 Å². The number of pyridine rings is 1. The number of hydrogen-bond acceptors (Lipinski definition) is 6. The van der Waals surface area contributed by atoms with E-state index in [9.17, 15) is 14.4 Å². The molecule has 1 saturated heterocycles. The molecule has 1 aromatic carbocycles. The van der Waals surface area contributed by atoms with Crippen LogP contribution in [0.15, 0.2) is 48.7 Å². The van der Waals surface area contributed by atoms with E-state index >= 15 is 0 Å². The predicted molar refractivity (Wildman–Crippen MR) is 122 cm³/mol. The molecule has 172 valence electrons. The lowest BCUT2D eigenvalue weighted by Gasteiger charge is -2.50. The van der Waals surface area contributed by atoms with Crippen LogP contribution in [0, 0.1) is 5.41 Å². The Hall–Kier alpha value is -3.68. The molecule has 33 heavy (non-hydrogen) atoms. The number of fused-ring (bicyclic) bond motifs is 1. The normalized spacial score (nSPS) is 16.7. The molecule has 1 spiro atoms. The number of hydrogen-bond donors (Lipinski definition) is 1. The Morgan fingerprint density at radius 1 is 1.21 bits per heavy atom. The number of anilines is 1. The summed E-state index contributed by atoms with van der Waals surface area (Å²) in [5.74, 6) is -0.0893. The van der Waals surface area contributed by atoms with E-state index in [1.807, 2.05) is 57.2 Å². The lowest BCUT2D eigenvalue weighted by molar-refractivity contribution is -0.139. The first-order chi connectivity index (χ1) is 15.6. The molecule has 1 fully saturated rings. The number of aromatic nitrogens is 1. The van der Waals surface area contributed by atoms with Gasteiger partial charge in [-0.1, -0.05) is 30.3 Å². The van der Waals surface area contributed by atoms with Crippen molar-refractivity contribution in [3.8, 4) is 0 Å². The van der Waals surface area contributed by atoms with Crippen LogP contribution in [0.2, 0.25) is 0 Å². The van der Waals surface area contributed by atoms with Gasteiger partial charge in [0.1, 0.15) is 18.0 Å². The number of amides is 2. The van der Waals surface area contributed by atoms with Crippen LogP contribution in [-0.2, 0) is 32.1 Å². The summed E-state index contributed by atoms with van der Waals surface area (Å²) in [6.45, 7) is 6.21. The molecule has 1 N–H and O–H groups in total. The fourth-order valence-corrected chi connectivity index (χ4v) is 3.89. The average Bonchev–Trinajstić information content (AvgIpc) is 2.73. The van der Waals surface area contributed by atoms with Crippen LogP contribution in [0.5, 0.6) is 0 Å². The van der Waals surface area contributed by atoms with Gasteiger partial charge in [-0.25, -0.2) is 14.6 Å². The number of benzene rings is 1. The Labute approximate surface area is 192 Å². The third-order valence-corrected chi connectivity index (χ3v) is 5.50. The van der Waals surface area contributed by atoms with E-state index in [1.54, 1.807) is 12.3 Å². The molecule has 0 bridgehead atoms. The molecular weight excluding hydrogens is 422 g/mol. The molecular formula is C25H27N3O5. The first kappa shape index (κ1) is 22.5. The van der Waals surface area contributed by atoms with Gasteiger partial charge in [0, 0.05) is 25.4 Å². The maximum atomic E-state index is 12.7. The van der Waals surface area contributed by atoms with E-state index in [0.29, 0.717) is 25.3 Å². The van der Waals surface area contributed by atoms with Crippen molar-refractivity contribution in [2.75, 3.05) is 18.4 Å². The monoisotopic (exact) mass is 449 g/mol. The molecule has 8 heteroatoms. The molecule has 0 atom stereocenters. The van der Waals surface area contributed by atoms with Crippen LogP contribution in [0.3, 0.4) is 0 Å². The Balaban J connectivity index is 1.38. The number of carbonyl (C=O) groups excluding carboxylic acids is 3. The molecule has 0 unspecified atom stereocenters. The SMILES string of the molecule is CC(C)(C)OC(=O)N1CC2(Cc3cc(/C=C/C(=O)OCc4ccccc4)cnc3NC2=O)C1. The third kappa shape index (κ3) is 5.22. The van der Waals surface area contributed by atoms with E-state index in [4.69, 9.17) is 9.47 Å². The van der Waals surface area contributed by atoms with Gasteiger partial charge in [0.25, 0.3) is 0 Å². The molecule has 4 rings (SSSR count). The molecule has 0 saturated carbocycles. The first-order valence-corrected chi connectivity index (χ1v) is 10.8. The van der Waals surface area contributed by atoms with Crippen LogP contribution < -0.4 is 5.32 Å². The number of likely N-dealkylation sites (tertiary alicyclic amines) is 1. The van der Waals surface area contributed by atoms with E-state index in [-0.39, 0.29) is 12.5 Å². The minimum Gasteiger partial charge on any atom is -0.458 e. The van der Waals surface area contributed by atoms with Crippen molar-refractivity contribution in [2.45, 2.75) is 39.4 Å². The zero-order valence-corrected chi connectivity index (χ0v) is 19.0. The highest BCUT2D eigenvalue weighted by Gasteiger charge is 2.54. The number of nitrogens with one attached hydrogen (secondary N) is 1. The molecule has 3 heterocycles. The summed E-state index contributed by atoms with van der Waals surface area (Å²) in [4.78, 5) is 42.9. The van der Waals surface area contributed by atoms with Gasteiger partial charge in [-0.2, -0.15) is 0 Å². The van der Waals surface area contributed by atoms with E-state index in [2.05, 4.69) is 10.3 Å². The van der Waals surface area contributed by atoms with E-state index < -0.39 is 23.1 Å². The lowest BCUT2D eigenvalue weighted by Crippen LogP contribution is -2.66. The van der Waals surface area contributed by atoms with Crippen molar-refractivity contribution in [2.24, 2.45) is 5.41 Å². The fourth-order valence-electron chi connectivity index (χ4n) is 3.89. The molecule has 1 aromatic heterocycles. The van der Waals surface area contributed by atoms with Gasteiger partial charge in [-0.05, 0) is 56.0 Å². The first-order valence-electron chi connectivity index (χ1n) is 10.8. The Morgan fingerprint density at radius 2 is 1.94 bits per heavy atom. The zero-order chi connectivity index (χ0) is 23.6. The highest BCUT2D eigenvalue weighted by Crippen LogP contribution is 2.41. The van der Waals surface area contributed by atoms with Crippen molar-refractivity contribution in [1.82, 2.24) is 9.88 Å². The molecule has 0 radical (unpaired) electrons. The molecule has 2 aliphatic heterocycles. The summed E-state index contributed by atoms with van der Waals surface area (Å²) >= 11 is 0. The second kappa shape index (κ2) is 8.69. The Bertz CT molecular complexity index is 1100. The van der Waals surface area contributed by atoms with Crippen LogP contribution in [0.4, 0.5) is 10.6 Å². The maximum Gasteiger partial charge on any atom is 0.410 e. The van der Waals surface area contributed by atoms with Crippen molar-refractivity contribution >= 4 is 29.9 Å². The highest BCUT2D eigenvalue weighted by molar-refractivity contribution is 5.99. The van der Waals surface area contributed by atoms with Gasteiger partial charge >= 0.3 is 12.1 Å². The van der Waals surface area contributed by atoms with Crippen LogP contribution in [-0.4, -0.2) is 46.5 Å². The largest absolute Gasteiger partial charge is 0.458 e. The van der Waals surface area contributed by atoms with Gasteiger partial charge in [0.05, 0.1) is 5.41 Å². The molecule has 2 aromatic rings. The molecule has 2 amide bonds. The number of carbonyl (C=O) groups is 3. The molecule has 2 aliphatic rings. The predicted octanol–water partition coefficient (Wildman–Crippen LogP) is 3.57. The highest BCUT2D eigenvalue weighted by atomic mass is 16.6. The summed E-state index contributed by atoms with van der Waals surface area (Å²) in [6, 6.07) is 11.3. The van der Waals surface area contributed by atoms with E-state index in [1.165, 1.54) is 11.0 Å². The second-order valence-corrected chi connectivity index (χ2v) is 9.45. The molecule has 8 nitrogen and oxygen atoms in total. The number of rotatable bonds is 4. The summed E-state index contributed by atoms with van der Waals surface area (Å²) < 4.78 is 10.6. The fraction of sp³-hybridized carbons (Fsp3) is 0.360. The minimum absolute atomic E-state index is 0.143. The average molecular weight is 450 g/mol. The Kier molecular flexibility index (Phi) is 5.93. The van der Waals surface area contributed by atoms with Crippen LogP contribution in [0.1, 0.15) is 37.5 Å². The lowest BCUT2D eigenvalue weighted by atomic mass is 9.72. The quantitative estimate of drug-likeness (QED) is 0.566. The van der Waals surface area contributed by atoms with Crippen molar-refractivity contribution < 1.29 is 23.9 Å². The molecule has 0 aliphatic carbocycles. The van der Waals surface area contributed by atoms with Crippen molar-refractivity contribution in [3.63, 3.8) is 0 Å². The van der Waals surface area contributed by atoms with Crippen LogP contribution in [0.25, 0.3) is 6.08 Å². The summed E-state index contributed by atoms with van der Waals surface area (Å²) in [5, 5.41) is 2.85. The van der Waals surface area contributed by atoms with Gasteiger partial charge in [0.15, 0.2) is 0 Å². The Morgan fingerprint density at radius 3 is 2.64 bits per heavy atom. The third-order valence-electron chi connectivity index (χ3n) is 5.50. The maximum absolute atomic E-state index is 12.7. The zero-order valence-electron chi connectivity index (χ0n) is 19.0. The van der Waals surface area contributed by atoms with Gasteiger partial charge in [-0.3, -0.25) is 4.79 Å². The summed E-state index contributed by atoms with van der Waals surface area (Å²) in [7, 11) is 0. The van der Waals surface area contributed by atoms with Gasteiger partial charge < -0.3 is 19.7 Å². The topological polar surface area (TPSA) is 97.8 Å². The van der Waals surface area contributed by atoms with Crippen LogP contribution >= 0.6 is 0 Å². The van der Waals surface area contributed by atoms with Crippen molar-refractivity contribution in [1.29, 1.82) is 0 Å².